The molecule has 3 rings (SSSR count). The molecule has 2 aromatic heterocycles. The molecule has 0 saturated carbocycles. The van der Waals surface area contributed by atoms with E-state index in [0.29, 0.717) is 11.8 Å². The molecule has 0 aliphatic carbocycles. The van der Waals surface area contributed by atoms with E-state index in [1.807, 2.05) is 19.3 Å². The van der Waals surface area contributed by atoms with Crippen LogP contribution in [0.2, 0.25) is 0 Å². The highest BCUT2D eigenvalue weighted by molar-refractivity contribution is 4.98. The maximum atomic E-state index is 5.48. The molecule has 2 aromatic rings. The molecule has 0 radical (unpaired) electrons. The molecule has 1 aliphatic heterocycles. The van der Waals surface area contributed by atoms with Crippen LogP contribution in [0.1, 0.15) is 30.6 Å². The number of rotatable bonds is 2. The molecule has 3 heterocycles. The molecule has 0 amide bonds. The minimum atomic E-state index is 0.140. The number of imidazole rings is 1. The molecule has 90 valence electrons. The first-order chi connectivity index (χ1) is 8.24. The van der Waals surface area contributed by atoms with Crippen LogP contribution in [0.3, 0.4) is 0 Å². The molecular weight excluding hydrogens is 218 g/mol. The number of nitrogens with zero attached hydrogens (tertiary/aromatic N) is 5. The topological polar surface area (TPSA) is 60.0 Å². The van der Waals surface area contributed by atoms with Crippen LogP contribution in [0.5, 0.6) is 0 Å². The second-order valence-electron chi connectivity index (χ2n) is 4.34. The van der Waals surface area contributed by atoms with Crippen LogP contribution < -0.4 is 0 Å². The fourth-order valence-corrected chi connectivity index (χ4v) is 2.16. The fraction of sp³-hybridized carbons (Fsp3) is 0.545. The molecule has 0 N–H and O–H groups in total. The molecule has 1 atom stereocenters. The number of hydrogen-bond acceptors (Lipinski definition) is 5. The first-order valence-electron chi connectivity index (χ1n) is 5.78. The maximum Gasteiger partial charge on any atom is 0.233 e. The second kappa shape index (κ2) is 3.96. The molecule has 0 aromatic carbocycles. The first kappa shape index (κ1) is 10.5. The van der Waals surface area contributed by atoms with Crippen LogP contribution in [-0.2, 0) is 13.1 Å². The molecule has 0 bridgehead atoms. The van der Waals surface area contributed by atoms with Crippen LogP contribution in [-0.4, -0.2) is 31.2 Å². The number of hydrogen-bond donors (Lipinski definition) is 0. The Kier molecular flexibility index (Phi) is 2.44. The van der Waals surface area contributed by atoms with Crippen molar-refractivity contribution in [1.29, 1.82) is 0 Å². The molecular formula is C11H15N5O. The van der Waals surface area contributed by atoms with Crippen molar-refractivity contribution >= 4 is 0 Å². The lowest BCUT2D eigenvalue weighted by atomic mass is 10.2. The van der Waals surface area contributed by atoms with Crippen LogP contribution in [0.15, 0.2) is 16.8 Å². The van der Waals surface area contributed by atoms with Crippen LogP contribution >= 0.6 is 0 Å². The second-order valence-corrected chi connectivity index (χ2v) is 4.34. The standard InChI is InChI=1S/C11H15N5O/c1-8(11-14-13-9(2)17-11)16-6-5-15-4-3-12-10(15)7-16/h3-4,8H,5-7H2,1-2H3/t8-/m1/s1. The Labute approximate surface area is 99.3 Å². The van der Waals surface area contributed by atoms with Gasteiger partial charge in [0.05, 0.1) is 12.6 Å². The monoisotopic (exact) mass is 233 g/mol. The van der Waals surface area contributed by atoms with Gasteiger partial charge in [0.25, 0.3) is 0 Å². The van der Waals surface area contributed by atoms with Gasteiger partial charge in [0.15, 0.2) is 0 Å². The molecule has 1 aliphatic rings. The Morgan fingerprint density at radius 3 is 3.00 bits per heavy atom. The number of fused-ring (bicyclic) bond motifs is 1. The predicted molar refractivity (Wildman–Crippen MR) is 60.1 cm³/mol. The lowest BCUT2D eigenvalue weighted by Crippen LogP contribution is -2.35. The summed E-state index contributed by atoms with van der Waals surface area (Å²) in [4.78, 5) is 6.64. The quantitative estimate of drug-likeness (QED) is 0.778. The Bertz CT molecular complexity index is 517. The largest absolute Gasteiger partial charge is 0.424 e. The summed E-state index contributed by atoms with van der Waals surface area (Å²) in [6, 6.07) is 0.140. The van der Waals surface area contributed by atoms with E-state index in [4.69, 9.17) is 4.42 Å². The molecule has 6 heteroatoms. The normalized spacial score (nSPS) is 18.0. The summed E-state index contributed by atoms with van der Waals surface area (Å²) in [7, 11) is 0. The summed E-state index contributed by atoms with van der Waals surface area (Å²) >= 11 is 0. The van der Waals surface area contributed by atoms with Crippen molar-refractivity contribution in [2.45, 2.75) is 33.0 Å². The highest BCUT2D eigenvalue weighted by atomic mass is 16.4. The lowest BCUT2D eigenvalue weighted by molar-refractivity contribution is 0.141. The van der Waals surface area contributed by atoms with E-state index in [1.54, 1.807) is 0 Å². The van der Waals surface area contributed by atoms with E-state index in [-0.39, 0.29) is 6.04 Å². The van der Waals surface area contributed by atoms with Gasteiger partial charge in [0.2, 0.25) is 11.8 Å². The van der Waals surface area contributed by atoms with Crippen LogP contribution in [0.25, 0.3) is 0 Å². The highest BCUT2D eigenvalue weighted by Crippen LogP contribution is 2.23. The minimum Gasteiger partial charge on any atom is -0.424 e. The third-order valence-corrected chi connectivity index (χ3v) is 3.22. The average molecular weight is 233 g/mol. The van der Waals surface area contributed by atoms with Crippen molar-refractivity contribution in [3.8, 4) is 0 Å². The van der Waals surface area contributed by atoms with Gasteiger partial charge in [-0.15, -0.1) is 10.2 Å². The zero-order valence-electron chi connectivity index (χ0n) is 10.00. The van der Waals surface area contributed by atoms with Gasteiger partial charge in [0.1, 0.15) is 5.82 Å². The van der Waals surface area contributed by atoms with E-state index in [0.717, 1.165) is 25.5 Å². The Balaban J connectivity index is 1.78. The third-order valence-electron chi connectivity index (χ3n) is 3.22. The molecule has 0 fully saturated rings. The van der Waals surface area contributed by atoms with E-state index in [9.17, 15) is 0 Å². The summed E-state index contributed by atoms with van der Waals surface area (Å²) in [5.41, 5.74) is 0. The summed E-state index contributed by atoms with van der Waals surface area (Å²) in [5.74, 6) is 2.40. The third kappa shape index (κ3) is 1.84. The van der Waals surface area contributed by atoms with Gasteiger partial charge in [0, 0.05) is 32.4 Å². The number of aryl methyl sites for hydroxylation is 1. The maximum absolute atomic E-state index is 5.48. The summed E-state index contributed by atoms with van der Waals surface area (Å²) in [5, 5.41) is 7.95. The SMILES string of the molecule is Cc1nnc([C@@H](C)N2CCn3ccnc3C2)o1. The van der Waals surface area contributed by atoms with Crippen molar-refractivity contribution in [3.63, 3.8) is 0 Å². The van der Waals surface area contributed by atoms with Crippen molar-refractivity contribution in [1.82, 2.24) is 24.6 Å². The van der Waals surface area contributed by atoms with Gasteiger partial charge >= 0.3 is 0 Å². The van der Waals surface area contributed by atoms with Crippen molar-refractivity contribution < 1.29 is 4.42 Å². The van der Waals surface area contributed by atoms with Crippen molar-refractivity contribution in [3.05, 3.63) is 30.0 Å². The molecule has 17 heavy (non-hydrogen) atoms. The van der Waals surface area contributed by atoms with E-state index in [1.165, 1.54) is 0 Å². The number of aromatic nitrogens is 4. The van der Waals surface area contributed by atoms with Crippen molar-refractivity contribution in [2.75, 3.05) is 6.54 Å². The van der Waals surface area contributed by atoms with Gasteiger partial charge in [-0.25, -0.2) is 4.98 Å². The van der Waals surface area contributed by atoms with Crippen LogP contribution in [0, 0.1) is 6.92 Å². The fourth-order valence-electron chi connectivity index (χ4n) is 2.16. The summed E-state index contributed by atoms with van der Waals surface area (Å²) < 4.78 is 7.66. The molecule has 6 nitrogen and oxygen atoms in total. The molecule has 0 saturated heterocycles. The van der Waals surface area contributed by atoms with Gasteiger partial charge < -0.3 is 8.98 Å². The smallest absolute Gasteiger partial charge is 0.233 e. The average Bonchev–Trinajstić information content (AvgIpc) is 2.95. The van der Waals surface area contributed by atoms with Gasteiger partial charge in [-0.1, -0.05) is 0 Å². The van der Waals surface area contributed by atoms with E-state index >= 15 is 0 Å². The van der Waals surface area contributed by atoms with E-state index < -0.39 is 0 Å². The summed E-state index contributed by atoms with van der Waals surface area (Å²) in [6.07, 6.45) is 3.87. The lowest BCUT2D eigenvalue weighted by Gasteiger charge is -2.30. The Morgan fingerprint density at radius 2 is 2.24 bits per heavy atom. The zero-order valence-corrected chi connectivity index (χ0v) is 10.00. The highest BCUT2D eigenvalue weighted by Gasteiger charge is 2.25. The molecule has 0 spiro atoms. The Hall–Kier alpha value is -1.69. The first-order valence-corrected chi connectivity index (χ1v) is 5.78. The van der Waals surface area contributed by atoms with Gasteiger partial charge in [-0.2, -0.15) is 0 Å². The van der Waals surface area contributed by atoms with Crippen LogP contribution in [0.4, 0.5) is 0 Å². The predicted octanol–water partition coefficient (Wildman–Crippen LogP) is 1.15. The summed E-state index contributed by atoms with van der Waals surface area (Å²) in [6.45, 7) is 6.67. The Morgan fingerprint density at radius 1 is 1.35 bits per heavy atom. The van der Waals surface area contributed by atoms with Gasteiger partial charge in [-0.05, 0) is 6.92 Å². The zero-order chi connectivity index (χ0) is 11.8. The van der Waals surface area contributed by atoms with Crippen molar-refractivity contribution in [2.24, 2.45) is 0 Å². The molecule has 0 unspecified atom stereocenters. The minimum absolute atomic E-state index is 0.140. The van der Waals surface area contributed by atoms with E-state index in [2.05, 4.69) is 31.6 Å². The van der Waals surface area contributed by atoms with Gasteiger partial charge in [-0.3, -0.25) is 4.90 Å².